The molecule has 2 aromatic carbocycles. The molecule has 102 valence electrons. The lowest BCUT2D eigenvalue weighted by atomic mass is 9.86. The third-order valence-electron chi connectivity index (χ3n) is 3.48. The van der Waals surface area contributed by atoms with Crippen molar-refractivity contribution >= 4 is 10.9 Å². The van der Waals surface area contributed by atoms with Gasteiger partial charge in [-0.1, -0.05) is 51.1 Å². The van der Waals surface area contributed by atoms with Gasteiger partial charge >= 0.3 is 0 Å². The maximum absolute atomic E-state index is 10.5. The van der Waals surface area contributed by atoms with Gasteiger partial charge in [0.2, 0.25) is 0 Å². The Morgan fingerprint density at radius 2 is 1.75 bits per heavy atom. The maximum Gasteiger partial charge on any atom is 0.144 e. The monoisotopic (exact) mass is 266 g/mol. The first-order valence-corrected chi connectivity index (χ1v) is 6.74. The smallest absolute Gasteiger partial charge is 0.144 e. The molecule has 1 N–H and O–H groups in total. The highest BCUT2D eigenvalue weighted by Crippen LogP contribution is 2.35. The predicted octanol–water partition coefficient (Wildman–Crippen LogP) is 4.03. The lowest BCUT2D eigenvalue weighted by Gasteiger charge is -2.21. The van der Waals surface area contributed by atoms with Gasteiger partial charge in [0.1, 0.15) is 11.4 Å². The topological polar surface area (TPSA) is 38.0 Å². The van der Waals surface area contributed by atoms with Gasteiger partial charge in [-0.15, -0.1) is 0 Å². The summed E-state index contributed by atoms with van der Waals surface area (Å²) in [5, 5.41) is 16.1. The molecule has 0 aliphatic heterocycles. The number of rotatable bonds is 1. The van der Waals surface area contributed by atoms with E-state index in [-0.39, 0.29) is 5.41 Å². The summed E-state index contributed by atoms with van der Waals surface area (Å²) in [6.07, 6.45) is 1.94. The first kappa shape index (κ1) is 12.7. The van der Waals surface area contributed by atoms with Crippen molar-refractivity contribution in [2.75, 3.05) is 0 Å². The van der Waals surface area contributed by atoms with Gasteiger partial charge in [-0.05, 0) is 17.5 Å². The number of aromatic nitrogens is 2. The van der Waals surface area contributed by atoms with Crippen LogP contribution < -0.4 is 0 Å². The Labute approximate surface area is 118 Å². The minimum Gasteiger partial charge on any atom is -0.505 e. The molecule has 0 fully saturated rings. The molecule has 0 atom stereocenters. The van der Waals surface area contributed by atoms with E-state index in [0.717, 1.165) is 16.5 Å². The van der Waals surface area contributed by atoms with Crippen molar-refractivity contribution in [1.82, 2.24) is 9.78 Å². The molecule has 0 saturated carbocycles. The van der Waals surface area contributed by atoms with Crippen molar-refractivity contribution in [1.29, 1.82) is 0 Å². The summed E-state index contributed by atoms with van der Waals surface area (Å²) in [7, 11) is 0. The van der Waals surface area contributed by atoms with Crippen LogP contribution in [-0.2, 0) is 5.41 Å². The van der Waals surface area contributed by atoms with Crippen molar-refractivity contribution in [3.05, 3.63) is 54.2 Å². The summed E-state index contributed by atoms with van der Waals surface area (Å²) >= 11 is 0. The molecule has 0 unspecified atom stereocenters. The quantitative estimate of drug-likeness (QED) is 0.722. The van der Waals surface area contributed by atoms with E-state index < -0.39 is 0 Å². The van der Waals surface area contributed by atoms with E-state index >= 15 is 0 Å². The van der Waals surface area contributed by atoms with Crippen LogP contribution in [0.15, 0.2) is 48.7 Å². The third-order valence-corrected chi connectivity index (χ3v) is 3.48. The molecule has 0 aliphatic rings. The zero-order valence-corrected chi connectivity index (χ0v) is 12.0. The summed E-state index contributed by atoms with van der Waals surface area (Å²) in [4.78, 5) is 0. The van der Waals surface area contributed by atoms with Crippen LogP contribution >= 0.6 is 0 Å². The standard InChI is InChI=1S/C17H18N2O/c1-17(2,3)13-8-6-10-15(16(13)20)19-11-12-7-4-5-9-14(12)18-19/h4-11,20H,1-3H3. The van der Waals surface area contributed by atoms with Crippen LogP contribution in [0.3, 0.4) is 0 Å². The number of phenolic OH excluding ortho intramolecular Hbond substituents is 1. The Bertz CT molecular complexity index is 733. The number of fused-ring (bicyclic) bond motifs is 1. The van der Waals surface area contributed by atoms with Gasteiger partial charge in [-0.25, -0.2) is 4.68 Å². The molecule has 0 spiro atoms. The SMILES string of the molecule is CC(C)(C)c1cccc(-n2cc3ccccc3n2)c1O. The zero-order valence-electron chi connectivity index (χ0n) is 12.0. The van der Waals surface area contributed by atoms with Crippen molar-refractivity contribution in [2.24, 2.45) is 0 Å². The summed E-state index contributed by atoms with van der Waals surface area (Å²) in [6.45, 7) is 6.27. The molecule has 3 aromatic rings. The highest BCUT2D eigenvalue weighted by atomic mass is 16.3. The van der Waals surface area contributed by atoms with Crippen molar-refractivity contribution in [3.63, 3.8) is 0 Å². The van der Waals surface area contributed by atoms with E-state index in [0.29, 0.717) is 11.4 Å². The number of hydrogen-bond acceptors (Lipinski definition) is 2. The first-order valence-electron chi connectivity index (χ1n) is 6.74. The number of aromatic hydroxyl groups is 1. The molecule has 0 bridgehead atoms. The van der Waals surface area contributed by atoms with Gasteiger partial charge in [0.25, 0.3) is 0 Å². The second kappa shape index (κ2) is 4.37. The fourth-order valence-electron chi connectivity index (χ4n) is 2.41. The zero-order chi connectivity index (χ0) is 14.3. The van der Waals surface area contributed by atoms with E-state index in [1.807, 2.05) is 48.7 Å². The Balaban J connectivity index is 2.19. The van der Waals surface area contributed by atoms with Crippen LogP contribution in [0.5, 0.6) is 5.75 Å². The molecular formula is C17H18N2O. The molecule has 3 rings (SSSR count). The van der Waals surface area contributed by atoms with Crippen LogP contribution in [0.1, 0.15) is 26.3 Å². The minimum atomic E-state index is -0.104. The van der Waals surface area contributed by atoms with Gasteiger partial charge < -0.3 is 5.11 Å². The molecule has 0 radical (unpaired) electrons. The van der Waals surface area contributed by atoms with Gasteiger partial charge in [0.15, 0.2) is 0 Å². The lowest BCUT2D eigenvalue weighted by Crippen LogP contribution is -2.12. The van der Waals surface area contributed by atoms with E-state index in [2.05, 4.69) is 25.9 Å². The second-order valence-corrected chi connectivity index (χ2v) is 6.06. The van der Waals surface area contributed by atoms with Crippen LogP contribution in [0, 0.1) is 0 Å². The first-order chi connectivity index (χ1) is 9.47. The summed E-state index contributed by atoms with van der Waals surface area (Å²) < 4.78 is 1.75. The normalized spacial score (nSPS) is 11.9. The Kier molecular flexibility index (Phi) is 2.78. The van der Waals surface area contributed by atoms with Crippen molar-refractivity contribution < 1.29 is 5.11 Å². The van der Waals surface area contributed by atoms with E-state index in [4.69, 9.17) is 0 Å². The molecule has 1 aromatic heterocycles. The van der Waals surface area contributed by atoms with Gasteiger partial charge in [-0.2, -0.15) is 5.10 Å². The van der Waals surface area contributed by atoms with Gasteiger partial charge in [-0.3, -0.25) is 0 Å². The predicted molar refractivity (Wildman–Crippen MR) is 81.4 cm³/mol. The largest absolute Gasteiger partial charge is 0.505 e. The molecular weight excluding hydrogens is 248 g/mol. The van der Waals surface area contributed by atoms with E-state index in [1.54, 1.807) is 4.68 Å². The number of phenols is 1. The van der Waals surface area contributed by atoms with Crippen LogP contribution in [0.2, 0.25) is 0 Å². The second-order valence-electron chi connectivity index (χ2n) is 6.06. The fraction of sp³-hybridized carbons (Fsp3) is 0.235. The Hall–Kier alpha value is -2.29. The molecule has 20 heavy (non-hydrogen) atoms. The maximum atomic E-state index is 10.5. The fourth-order valence-corrected chi connectivity index (χ4v) is 2.41. The van der Waals surface area contributed by atoms with E-state index in [1.165, 1.54) is 0 Å². The Morgan fingerprint density at radius 3 is 2.45 bits per heavy atom. The molecule has 0 saturated heterocycles. The van der Waals surface area contributed by atoms with Crippen molar-refractivity contribution in [3.8, 4) is 11.4 Å². The van der Waals surface area contributed by atoms with Gasteiger partial charge in [0.05, 0.1) is 5.52 Å². The lowest BCUT2D eigenvalue weighted by molar-refractivity contribution is 0.443. The number of nitrogens with zero attached hydrogens (tertiary/aromatic N) is 2. The number of hydrogen-bond donors (Lipinski definition) is 1. The molecule has 0 amide bonds. The third kappa shape index (κ3) is 2.05. The summed E-state index contributed by atoms with van der Waals surface area (Å²) in [5.74, 6) is 0.299. The summed E-state index contributed by atoms with van der Waals surface area (Å²) in [5.41, 5.74) is 2.46. The van der Waals surface area contributed by atoms with E-state index in [9.17, 15) is 5.11 Å². The van der Waals surface area contributed by atoms with Gasteiger partial charge in [0, 0.05) is 17.1 Å². The summed E-state index contributed by atoms with van der Waals surface area (Å²) in [6, 6.07) is 13.7. The average molecular weight is 266 g/mol. The Morgan fingerprint density at radius 1 is 1.00 bits per heavy atom. The molecule has 0 aliphatic carbocycles. The average Bonchev–Trinajstić information content (AvgIpc) is 2.81. The van der Waals surface area contributed by atoms with Crippen LogP contribution in [0.25, 0.3) is 16.6 Å². The highest BCUT2D eigenvalue weighted by Gasteiger charge is 2.20. The molecule has 3 nitrogen and oxygen atoms in total. The molecule has 3 heteroatoms. The number of benzene rings is 2. The minimum absolute atomic E-state index is 0.104. The molecule has 1 heterocycles. The van der Waals surface area contributed by atoms with Crippen molar-refractivity contribution in [2.45, 2.75) is 26.2 Å². The van der Waals surface area contributed by atoms with Crippen LogP contribution in [0.4, 0.5) is 0 Å². The number of para-hydroxylation sites is 1. The highest BCUT2D eigenvalue weighted by molar-refractivity contribution is 5.78. The van der Waals surface area contributed by atoms with Crippen LogP contribution in [-0.4, -0.2) is 14.9 Å².